The summed E-state index contributed by atoms with van der Waals surface area (Å²) in [4.78, 5) is 23.6. The SMILES string of the molecule is CCCC/C=C\CCCCCCCCC(=O)OC(CCCCCCCCCCCCCCCC)C(=O)O. The van der Waals surface area contributed by atoms with E-state index in [-0.39, 0.29) is 5.97 Å². The Morgan fingerprint density at radius 1 is 0.568 bits per heavy atom. The van der Waals surface area contributed by atoms with Crippen LogP contribution < -0.4 is 0 Å². The van der Waals surface area contributed by atoms with Crippen LogP contribution in [0.3, 0.4) is 0 Å². The molecule has 0 aliphatic carbocycles. The molecule has 4 heteroatoms. The summed E-state index contributed by atoms with van der Waals surface area (Å²) in [6, 6.07) is 0. The summed E-state index contributed by atoms with van der Waals surface area (Å²) in [5, 5.41) is 9.42. The Hall–Kier alpha value is -1.32. The van der Waals surface area contributed by atoms with Crippen molar-refractivity contribution in [3.63, 3.8) is 0 Å². The fourth-order valence-electron chi connectivity index (χ4n) is 4.77. The first kappa shape index (κ1) is 35.7. The number of carboxylic acids is 1. The number of hydrogen-bond donors (Lipinski definition) is 1. The van der Waals surface area contributed by atoms with E-state index in [1.54, 1.807) is 0 Å². The van der Waals surface area contributed by atoms with E-state index in [2.05, 4.69) is 26.0 Å². The molecule has 0 aliphatic heterocycles. The standard InChI is InChI=1S/C33H62O4/c1-3-5-7-9-11-13-15-17-18-19-21-23-25-27-29-31(33(35)36)37-32(34)30-28-26-24-22-20-16-14-12-10-8-6-4-2/h10,12,31H,3-9,11,13-30H2,1-2H3,(H,35,36)/b12-10-. The van der Waals surface area contributed by atoms with Crippen molar-refractivity contribution < 1.29 is 19.4 Å². The molecular weight excluding hydrogens is 460 g/mol. The van der Waals surface area contributed by atoms with Gasteiger partial charge in [-0.15, -0.1) is 0 Å². The van der Waals surface area contributed by atoms with Gasteiger partial charge in [-0.25, -0.2) is 4.79 Å². The number of carbonyl (C=O) groups excluding carboxylic acids is 1. The molecule has 0 aliphatic rings. The van der Waals surface area contributed by atoms with Gasteiger partial charge in [0.15, 0.2) is 6.10 Å². The quantitative estimate of drug-likeness (QED) is 0.0602. The van der Waals surface area contributed by atoms with E-state index >= 15 is 0 Å². The van der Waals surface area contributed by atoms with Crippen LogP contribution in [0, 0.1) is 0 Å². The third-order valence-electron chi connectivity index (χ3n) is 7.26. The zero-order chi connectivity index (χ0) is 27.2. The zero-order valence-corrected chi connectivity index (χ0v) is 24.8. The number of carbonyl (C=O) groups is 2. The zero-order valence-electron chi connectivity index (χ0n) is 24.8. The molecular formula is C33H62O4. The second kappa shape index (κ2) is 29.2. The van der Waals surface area contributed by atoms with Crippen molar-refractivity contribution in [1.82, 2.24) is 0 Å². The van der Waals surface area contributed by atoms with Gasteiger partial charge in [-0.1, -0.05) is 148 Å². The number of esters is 1. The Morgan fingerprint density at radius 3 is 1.46 bits per heavy atom. The molecule has 0 heterocycles. The van der Waals surface area contributed by atoms with Crippen LogP contribution in [0.2, 0.25) is 0 Å². The molecule has 0 saturated carbocycles. The predicted molar refractivity (Wildman–Crippen MR) is 158 cm³/mol. The Kier molecular flexibility index (Phi) is 28.2. The Labute approximate surface area is 230 Å². The molecule has 0 bridgehead atoms. The average molecular weight is 523 g/mol. The summed E-state index contributed by atoms with van der Waals surface area (Å²) in [6.45, 7) is 4.49. The molecule has 0 rings (SSSR count). The molecule has 0 amide bonds. The summed E-state index contributed by atoms with van der Waals surface area (Å²) >= 11 is 0. The van der Waals surface area contributed by atoms with Gasteiger partial charge in [0.2, 0.25) is 0 Å². The highest BCUT2D eigenvalue weighted by Gasteiger charge is 2.21. The number of rotatable bonds is 29. The van der Waals surface area contributed by atoms with Crippen LogP contribution >= 0.6 is 0 Å². The Morgan fingerprint density at radius 2 is 0.973 bits per heavy atom. The van der Waals surface area contributed by atoms with Crippen LogP contribution in [0.25, 0.3) is 0 Å². The highest BCUT2D eigenvalue weighted by Crippen LogP contribution is 2.15. The molecule has 0 aromatic heterocycles. The molecule has 0 aromatic carbocycles. The third-order valence-corrected chi connectivity index (χ3v) is 7.26. The molecule has 1 N–H and O–H groups in total. The second-order valence-electron chi connectivity index (χ2n) is 11.0. The highest BCUT2D eigenvalue weighted by molar-refractivity contribution is 5.77. The van der Waals surface area contributed by atoms with Gasteiger partial charge in [-0.2, -0.15) is 0 Å². The second-order valence-corrected chi connectivity index (χ2v) is 11.0. The summed E-state index contributed by atoms with van der Waals surface area (Å²) < 4.78 is 5.28. The van der Waals surface area contributed by atoms with E-state index in [1.807, 2.05) is 0 Å². The maximum atomic E-state index is 12.1. The van der Waals surface area contributed by atoms with Gasteiger partial charge in [0.1, 0.15) is 0 Å². The summed E-state index contributed by atoms with van der Waals surface area (Å²) in [5.74, 6) is -1.36. The van der Waals surface area contributed by atoms with Crippen molar-refractivity contribution in [1.29, 1.82) is 0 Å². The van der Waals surface area contributed by atoms with Crippen molar-refractivity contribution >= 4 is 11.9 Å². The number of allylic oxidation sites excluding steroid dienone is 2. The minimum atomic E-state index is -1.01. The number of unbranched alkanes of at least 4 members (excludes halogenated alkanes) is 21. The fourth-order valence-corrected chi connectivity index (χ4v) is 4.77. The lowest BCUT2D eigenvalue weighted by Crippen LogP contribution is -2.27. The largest absolute Gasteiger partial charge is 0.479 e. The van der Waals surface area contributed by atoms with Crippen molar-refractivity contribution in [3.05, 3.63) is 12.2 Å². The first-order valence-corrected chi connectivity index (χ1v) is 16.2. The molecule has 4 nitrogen and oxygen atoms in total. The molecule has 0 fully saturated rings. The molecule has 0 saturated heterocycles. The van der Waals surface area contributed by atoms with E-state index in [9.17, 15) is 14.7 Å². The first-order valence-electron chi connectivity index (χ1n) is 16.2. The normalized spacial score (nSPS) is 12.3. The minimum Gasteiger partial charge on any atom is -0.479 e. The number of carboxylic acid groups (broad SMARTS) is 1. The maximum Gasteiger partial charge on any atom is 0.345 e. The lowest BCUT2D eigenvalue weighted by atomic mass is 10.0. The van der Waals surface area contributed by atoms with Crippen molar-refractivity contribution in [2.24, 2.45) is 0 Å². The minimum absolute atomic E-state index is 0.336. The maximum absolute atomic E-state index is 12.1. The molecule has 1 unspecified atom stereocenters. The number of ether oxygens (including phenoxy) is 1. The fraction of sp³-hybridized carbons (Fsp3) is 0.879. The van der Waals surface area contributed by atoms with E-state index < -0.39 is 12.1 Å². The van der Waals surface area contributed by atoms with Crippen molar-refractivity contribution in [2.75, 3.05) is 0 Å². The highest BCUT2D eigenvalue weighted by atomic mass is 16.6. The monoisotopic (exact) mass is 522 g/mol. The van der Waals surface area contributed by atoms with Gasteiger partial charge in [0.25, 0.3) is 0 Å². The van der Waals surface area contributed by atoms with Gasteiger partial charge >= 0.3 is 11.9 Å². The van der Waals surface area contributed by atoms with E-state index in [0.717, 1.165) is 38.5 Å². The van der Waals surface area contributed by atoms with Gasteiger partial charge < -0.3 is 9.84 Å². The molecule has 0 radical (unpaired) electrons. The lowest BCUT2D eigenvalue weighted by Gasteiger charge is -2.13. The molecule has 1 atom stereocenters. The average Bonchev–Trinajstić information content (AvgIpc) is 2.88. The van der Waals surface area contributed by atoms with Crippen LogP contribution in [0.5, 0.6) is 0 Å². The van der Waals surface area contributed by atoms with Crippen LogP contribution in [0.4, 0.5) is 0 Å². The van der Waals surface area contributed by atoms with Gasteiger partial charge in [-0.05, 0) is 38.5 Å². The van der Waals surface area contributed by atoms with Gasteiger partial charge in [0.05, 0.1) is 0 Å². The molecule has 37 heavy (non-hydrogen) atoms. The Bertz CT molecular complexity index is 528. The lowest BCUT2D eigenvalue weighted by molar-refractivity contribution is -0.164. The smallest absolute Gasteiger partial charge is 0.345 e. The van der Waals surface area contributed by atoms with Crippen LogP contribution in [-0.4, -0.2) is 23.1 Å². The van der Waals surface area contributed by atoms with Crippen LogP contribution in [-0.2, 0) is 14.3 Å². The predicted octanol–water partition coefficient (Wildman–Crippen LogP) is 10.7. The van der Waals surface area contributed by atoms with Crippen molar-refractivity contribution in [3.8, 4) is 0 Å². The van der Waals surface area contributed by atoms with Crippen molar-refractivity contribution in [2.45, 2.75) is 187 Å². The summed E-state index contributed by atoms with van der Waals surface area (Å²) in [7, 11) is 0. The number of hydrogen-bond acceptors (Lipinski definition) is 3. The first-order chi connectivity index (χ1) is 18.1. The van der Waals surface area contributed by atoms with Gasteiger partial charge in [0, 0.05) is 6.42 Å². The third kappa shape index (κ3) is 27.5. The van der Waals surface area contributed by atoms with E-state index in [1.165, 1.54) is 116 Å². The van der Waals surface area contributed by atoms with Crippen LogP contribution in [0.1, 0.15) is 181 Å². The molecule has 218 valence electrons. The Balaban J connectivity index is 3.58. The van der Waals surface area contributed by atoms with Gasteiger partial charge in [-0.3, -0.25) is 4.79 Å². The van der Waals surface area contributed by atoms with E-state index in [0.29, 0.717) is 12.8 Å². The topological polar surface area (TPSA) is 63.6 Å². The van der Waals surface area contributed by atoms with E-state index in [4.69, 9.17) is 4.74 Å². The summed E-state index contributed by atoms with van der Waals surface area (Å²) in [6.07, 6.45) is 33.8. The molecule has 0 aromatic rings. The number of aliphatic carboxylic acids is 1. The summed E-state index contributed by atoms with van der Waals surface area (Å²) in [5.41, 5.74) is 0. The van der Waals surface area contributed by atoms with Crippen LogP contribution in [0.15, 0.2) is 12.2 Å². The molecule has 0 spiro atoms.